The number of nitrogens with zero attached hydrogens (tertiary/aromatic N) is 2. The third-order valence-electron chi connectivity index (χ3n) is 3.65. The van der Waals surface area contributed by atoms with Gasteiger partial charge in [-0.05, 0) is 43.4 Å². The van der Waals surface area contributed by atoms with Crippen molar-refractivity contribution in [2.24, 2.45) is 0 Å². The van der Waals surface area contributed by atoms with Gasteiger partial charge in [-0.15, -0.1) is 12.4 Å². The van der Waals surface area contributed by atoms with Crippen molar-refractivity contribution >= 4 is 12.4 Å². The lowest BCUT2D eigenvalue weighted by atomic mass is 10.1. The molecule has 0 bridgehead atoms. The summed E-state index contributed by atoms with van der Waals surface area (Å²) in [7, 11) is 1.67. The van der Waals surface area contributed by atoms with E-state index in [0.29, 0.717) is 6.10 Å². The predicted molar refractivity (Wildman–Crippen MR) is 84.2 cm³/mol. The molecule has 0 radical (unpaired) electrons. The Balaban J connectivity index is 0.00000161. The van der Waals surface area contributed by atoms with Crippen molar-refractivity contribution in [3.8, 4) is 22.6 Å². The maximum atomic E-state index is 6.09. The predicted octanol–water partition coefficient (Wildman–Crippen LogP) is 3.90. The van der Waals surface area contributed by atoms with Gasteiger partial charge in [0, 0.05) is 18.0 Å². The molecule has 3 rings (SSSR count). The molecule has 0 amide bonds. The summed E-state index contributed by atoms with van der Waals surface area (Å²) < 4.78 is 11.5. The number of hydrogen-bond acceptors (Lipinski definition) is 4. The molecular formula is C16H19ClN2O2. The molecule has 0 unspecified atom stereocenters. The summed E-state index contributed by atoms with van der Waals surface area (Å²) in [4.78, 5) is 8.11. The van der Waals surface area contributed by atoms with E-state index in [4.69, 9.17) is 9.47 Å². The quantitative estimate of drug-likeness (QED) is 0.859. The van der Waals surface area contributed by atoms with E-state index >= 15 is 0 Å². The first-order valence-electron chi connectivity index (χ1n) is 6.97. The van der Waals surface area contributed by atoms with Crippen molar-refractivity contribution in [1.29, 1.82) is 0 Å². The Hall–Kier alpha value is -1.81. The van der Waals surface area contributed by atoms with E-state index in [2.05, 4.69) is 9.97 Å². The second-order valence-electron chi connectivity index (χ2n) is 5.02. The summed E-state index contributed by atoms with van der Waals surface area (Å²) in [6.07, 6.45) is 10.2. The Bertz CT molecular complexity index is 572. The third-order valence-corrected chi connectivity index (χ3v) is 3.65. The molecule has 0 atom stereocenters. The lowest BCUT2D eigenvalue weighted by molar-refractivity contribution is 0.201. The van der Waals surface area contributed by atoms with Gasteiger partial charge in [-0.1, -0.05) is 6.07 Å². The van der Waals surface area contributed by atoms with Crippen LogP contribution in [0.5, 0.6) is 11.5 Å². The lowest BCUT2D eigenvalue weighted by Gasteiger charge is -2.16. The van der Waals surface area contributed by atoms with Gasteiger partial charge in [0.2, 0.25) is 0 Å². The van der Waals surface area contributed by atoms with E-state index in [1.165, 1.54) is 19.2 Å². The summed E-state index contributed by atoms with van der Waals surface area (Å²) in [5.74, 6) is 1.58. The number of halogens is 1. The Morgan fingerprint density at radius 3 is 2.38 bits per heavy atom. The van der Waals surface area contributed by atoms with Gasteiger partial charge < -0.3 is 9.47 Å². The Morgan fingerprint density at radius 1 is 1.00 bits per heavy atom. The number of aromatic nitrogens is 2. The van der Waals surface area contributed by atoms with Crippen LogP contribution in [0.2, 0.25) is 0 Å². The van der Waals surface area contributed by atoms with Crippen LogP contribution in [0.25, 0.3) is 11.1 Å². The van der Waals surface area contributed by atoms with Gasteiger partial charge in [-0.25, -0.2) is 9.97 Å². The van der Waals surface area contributed by atoms with Crippen LogP contribution in [0.4, 0.5) is 0 Å². The lowest BCUT2D eigenvalue weighted by Crippen LogP contribution is -2.11. The maximum absolute atomic E-state index is 6.09. The fourth-order valence-corrected chi connectivity index (χ4v) is 2.58. The minimum absolute atomic E-state index is 0. The van der Waals surface area contributed by atoms with E-state index in [1.807, 2.05) is 18.2 Å². The van der Waals surface area contributed by atoms with Gasteiger partial charge in [0.05, 0.1) is 13.2 Å². The molecule has 112 valence electrons. The second-order valence-corrected chi connectivity index (χ2v) is 5.02. The molecule has 0 spiro atoms. The van der Waals surface area contributed by atoms with Crippen molar-refractivity contribution in [3.05, 3.63) is 36.9 Å². The van der Waals surface area contributed by atoms with E-state index < -0.39 is 0 Å². The molecule has 1 saturated carbocycles. The topological polar surface area (TPSA) is 44.2 Å². The monoisotopic (exact) mass is 306 g/mol. The summed E-state index contributed by atoms with van der Waals surface area (Å²) in [6, 6.07) is 5.95. The highest BCUT2D eigenvalue weighted by Crippen LogP contribution is 2.35. The van der Waals surface area contributed by atoms with E-state index in [9.17, 15) is 0 Å². The average molecular weight is 307 g/mol. The highest BCUT2D eigenvalue weighted by molar-refractivity contribution is 5.85. The minimum Gasteiger partial charge on any atom is -0.493 e. The summed E-state index contributed by atoms with van der Waals surface area (Å²) in [5, 5.41) is 0. The molecular weight excluding hydrogens is 288 g/mol. The van der Waals surface area contributed by atoms with Gasteiger partial charge >= 0.3 is 0 Å². The molecule has 1 heterocycles. The van der Waals surface area contributed by atoms with Crippen LogP contribution in [0.15, 0.2) is 36.9 Å². The SMILES string of the molecule is COc1ccc(-c2cncnc2)cc1OC1CCCC1.Cl. The van der Waals surface area contributed by atoms with Crippen LogP contribution in [0.3, 0.4) is 0 Å². The number of methoxy groups -OCH3 is 1. The molecule has 2 aromatic rings. The van der Waals surface area contributed by atoms with Crippen LogP contribution in [-0.2, 0) is 0 Å². The summed E-state index contributed by atoms with van der Waals surface area (Å²) >= 11 is 0. The molecule has 5 heteroatoms. The Morgan fingerprint density at radius 2 is 1.71 bits per heavy atom. The molecule has 1 aliphatic carbocycles. The van der Waals surface area contributed by atoms with Gasteiger partial charge in [0.1, 0.15) is 6.33 Å². The molecule has 1 aromatic heterocycles. The molecule has 0 aliphatic heterocycles. The molecule has 1 aliphatic rings. The number of benzene rings is 1. The van der Waals surface area contributed by atoms with Crippen LogP contribution < -0.4 is 9.47 Å². The summed E-state index contributed by atoms with van der Waals surface area (Å²) in [6.45, 7) is 0. The zero-order valence-corrected chi connectivity index (χ0v) is 12.8. The molecule has 1 aromatic carbocycles. The van der Waals surface area contributed by atoms with E-state index in [-0.39, 0.29) is 12.4 Å². The van der Waals surface area contributed by atoms with E-state index in [1.54, 1.807) is 19.5 Å². The second kappa shape index (κ2) is 7.27. The smallest absolute Gasteiger partial charge is 0.162 e. The first-order chi connectivity index (χ1) is 9.86. The van der Waals surface area contributed by atoms with Gasteiger partial charge in [-0.2, -0.15) is 0 Å². The van der Waals surface area contributed by atoms with Crippen molar-refractivity contribution in [3.63, 3.8) is 0 Å². The fraction of sp³-hybridized carbons (Fsp3) is 0.375. The van der Waals surface area contributed by atoms with Gasteiger partial charge in [0.15, 0.2) is 11.5 Å². The molecule has 21 heavy (non-hydrogen) atoms. The van der Waals surface area contributed by atoms with Gasteiger partial charge in [0.25, 0.3) is 0 Å². The third kappa shape index (κ3) is 3.64. The van der Waals surface area contributed by atoms with Crippen LogP contribution in [0, 0.1) is 0 Å². The van der Waals surface area contributed by atoms with Crippen molar-refractivity contribution in [2.75, 3.05) is 7.11 Å². The van der Waals surface area contributed by atoms with E-state index in [0.717, 1.165) is 35.5 Å². The zero-order chi connectivity index (χ0) is 13.8. The Kier molecular flexibility index (Phi) is 5.39. The molecule has 0 saturated heterocycles. The highest BCUT2D eigenvalue weighted by Gasteiger charge is 2.18. The van der Waals surface area contributed by atoms with Crippen molar-refractivity contribution < 1.29 is 9.47 Å². The minimum atomic E-state index is 0. The highest BCUT2D eigenvalue weighted by atomic mass is 35.5. The average Bonchev–Trinajstić information content (AvgIpc) is 3.01. The molecule has 1 fully saturated rings. The van der Waals surface area contributed by atoms with Gasteiger partial charge in [-0.3, -0.25) is 0 Å². The van der Waals surface area contributed by atoms with Crippen molar-refractivity contribution in [2.45, 2.75) is 31.8 Å². The zero-order valence-electron chi connectivity index (χ0n) is 12.0. The Labute approximate surface area is 130 Å². The molecule has 0 N–H and O–H groups in total. The van der Waals surface area contributed by atoms with Crippen LogP contribution in [-0.4, -0.2) is 23.2 Å². The summed E-state index contributed by atoms with van der Waals surface area (Å²) in [5.41, 5.74) is 2.02. The van der Waals surface area contributed by atoms with Crippen LogP contribution >= 0.6 is 12.4 Å². The first kappa shape index (κ1) is 15.6. The number of ether oxygens (including phenoxy) is 2. The number of rotatable bonds is 4. The van der Waals surface area contributed by atoms with Crippen LogP contribution in [0.1, 0.15) is 25.7 Å². The molecule has 4 nitrogen and oxygen atoms in total. The maximum Gasteiger partial charge on any atom is 0.162 e. The standard InChI is InChI=1S/C16H18N2O2.ClH/c1-19-15-7-6-12(13-9-17-11-18-10-13)8-16(15)20-14-4-2-3-5-14;/h6-11,14H,2-5H2,1H3;1H. The van der Waals surface area contributed by atoms with Crippen molar-refractivity contribution in [1.82, 2.24) is 9.97 Å². The fourth-order valence-electron chi connectivity index (χ4n) is 2.58. The largest absolute Gasteiger partial charge is 0.493 e. The number of hydrogen-bond donors (Lipinski definition) is 0. The normalized spacial score (nSPS) is 14.5. The first-order valence-corrected chi connectivity index (χ1v) is 6.97.